The number of halogens is 1. The Labute approximate surface area is 122 Å². The molecule has 3 aromatic rings. The van der Waals surface area contributed by atoms with Crippen molar-refractivity contribution in [3.63, 3.8) is 0 Å². The summed E-state index contributed by atoms with van der Waals surface area (Å²) >= 11 is 6.28. The summed E-state index contributed by atoms with van der Waals surface area (Å²) < 4.78 is 0. The minimum atomic E-state index is 0.718. The van der Waals surface area contributed by atoms with Gasteiger partial charge in [0.25, 0.3) is 0 Å². The van der Waals surface area contributed by atoms with E-state index in [-0.39, 0.29) is 0 Å². The van der Waals surface area contributed by atoms with Crippen LogP contribution in [-0.4, -0.2) is 9.97 Å². The monoisotopic (exact) mass is 283 g/mol. The third-order valence-electron chi connectivity index (χ3n) is 3.12. The second-order valence-corrected chi connectivity index (χ2v) is 4.86. The number of nitrogens with one attached hydrogen (secondary N) is 2. The third-order valence-corrected chi connectivity index (χ3v) is 3.45. The normalized spacial score (nSPS) is 10.4. The van der Waals surface area contributed by atoms with Gasteiger partial charge in [-0.15, -0.1) is 0 Å². The molecule has 2 aromatic heterocycles. The van der Waals surface area contributed by atoms with Crippen molar-refractivity contribution in [3.05, 3.63) is 71.8 Å². The van der Waals surface area contributed by atoms with Crippen LogP contribution in [0.1, 0.15) is 5.69 Å². The fraction of sp³-hybridized carbons (Fsp3) is 0.0625. The van der Waals surface area contributed by atoms with Crippen LogP contribution in [0.3, 0.4) is 0 Å². The summed E-state index contributed by atoms with van der Waals surface area (Å²) in [4.78, 5) is 7.35. The van der Waals surface area contributed by atoms with Crippen molar-refractivity contribution < 1.29 is 0 Å². The molecule has 100 valence electrons. The number of hydrogen-bond donors (Lipinski definition) is 2. The summed E-state index contributed by atoms with van der Waals surface area (Å²) in [6.45, 7) is 0.718. The first kappa shape index (κ1) is 12.8. The number of benzene rings is 1. The van der Waals surface area contributed by atoms with Crippen molar-refractivity contribution in [1.29, 1.82) is 0 Å². The van der Waals surface area contributed by atoms with Gasteiger partial charge in [-0.2, -0.15) is 0 Å². The van der Waals surface area contributed by atoms with Crippen molar-refractivity contribution in [2.75, 3.05) is 5.32 Å². The summed E-state index contributed by atoms with van der Waals surface area (Å²) in [5.41, 5.74) is 4.15. The molecule has 0 amide bonds. The topological polar surface area (TPSA) is 40.7 Å². The zero-order chi connectivity index (χ0) is 13.8. The second kappa shape index (κ2) is 5.80. The van der Waals surface area contributed by atoms with E-state index in [1.54, 1.807) is 6.20 Å². The molecule has 1 aromatic carbocycles. The minimum Gasteiger partial charge on any atom is -0.378 e. The van der Waals surface area contributed by atoms with Crippen LogP contribution in [0.25, 0.3) is 11.1 Å². The van der Waals surface area contributed by atoms with Crippen LogP contribution in [0.5, 0.6) is 0 Å². The van der Waals surface area contributed by atoms with Gasteiger partial charge in [0.15, 0.2) is 0 Å². The van der Waals surface area contributed by atoms with E-state index in [4.69, 9.17) is 11.6 Å². The number of aromatic nitrogens is 2. The van der Waals surface area contributed by atoms with E-state index in [1.807, 2.05) is 54.9 Å². The lowest BCUT2D eigenvalue weighted by molar-refractivity contribution is 1.07. The van der Waals surface area contributed by atoms with Gasteiger partial charge in [0.1, 0.15) is 0 Å². The van der Waals surface area contributed by atoms with Crippen LogP contribution < -0.4 is 5.32 Å². The zero-order valence-electron chi connectivity index (χ0n) is 10.8. The standard InChI is InChI=1S/C16H14ClN3/c17-15-6-2-1-5-13(15)14-7-9-18-11-16(14)20-10-12-4-3-8-19-12/h1-9,11,19-20H,10H2. The molecule has 3 nitrogen and oxygen atoms in total. The molecular formula is C16H14ClN3. The fourth-order valence-corrected chi connectivity index (χ4v) is 2.36. The lowest BCUT2D eigenvalue weighted by Gasteiger charge is -2.12. The molecule has 3 rings (SSSR count). The Morgan fingerprint density at radius 1 is 1.05 bits per heavy atom. The zero-order valence-corrected chi connectivity index (χ0v) is 11.6. The van der Waals surface area contributed by atoms with Gasteiger partial charge in [-0.3, -0.25) is 4.98 Å². The lowest BCUT2D eigenvalue weighted by Crippen LogP contribution is -2.01. The Hall–Kier alpha value is -2.26. The molecule has 0 unspecified atom stereocenters. The van der Waals surface area contributed by atoms with Crippen molar-refractivity contribution in [2.45, 2.75) is 6.54 Å². The van der Waals surface area contributed by atoms with E-state index in [9.17, 15) is 0 Å². The maximum atomic E-state index is 6.28. The van der Waals surface area contributed by atoms with Gasteiger partial charge in [-0.25, -0.2) is 0 Å². The van der Waals surface area contributed by atoms with Crippen molar-refractivity contribution >= 4 is 17.3 Å². The quantitative estimate of drug-likeness (QED) is 0.748. The molecule has 0 bridgehead atoms. The number of aromatic amines is 1. The van der Waals surface area contributed by atoms with Gasteiger partial charge in [-0.1, -0.05) is 29.8 Å². The van der Waals surface area contributed by atoms with Crippen LogP contribution in [0.15, 0.2) is 61.1 Å². The van der Waals surface area contributed by atoms with E-state index in [2.05, 4.69) is 15.3 Å². The van der Waals surface area contributed by atoms with Crippen LogP contribution in [0, 0.1) is 0 Å². The van der Waals surface area contributed by atoms with Crippen molar-refractivity contribution in [3.8, 4) is 11.1 Å². The first-order chi connectivity index (χ1) is 9.84. The molecule has 20 heavy (non-hydrogen) atoms. The highest BCUT2D eigenvalue weighted by atomic mass is 35.5. The lowest BCUT2D eigenvalue weighted by atomic mass is 10.1. The van der Waals surface area contributed by atoms with Crippen LogP contribution in [0.4, 0.5) is 5.69 Å². The fourth-order valence-electron chi connectivity index (χ4n) is 2.12. The average molecular weight is 284 g/mol. The summed E-state index contributed by atoms with van der Waals surface area (Å²) in [5.74, 6) is 0. The first-order valence-corrected chi connectivity index (χ1v) is 6.77. The molecule has 2 N–H and O–H groups in total. The molecule has 0 fully saturated rings. The first-order valence-electron chi connectivity index (χ1n) is 6.39. The largest absolute Gasteiger partial charge is 0.378 e. The van der Waals surface area contributed by atoms with Crippen LogP contribution >= 0.6 is 11.6 Å². The predicted octanol–water partition coefficient (Wildman–Crippen LogP) is 4.34. The van der Waals surface area contributed by atoms with Gasteiger partial charge in [0.05, 0.1) is 18.4 Å². The smallest absolute Gasteiger partial charge is 0.0610 e. The molecule has 0 spiro atoms. The van der Waals surface area contributed by atoms with Gasteiger partial charge in [0, 0.05) is 34.2 Å². The Balaban J connectivity index is 1.90. The predicted molar refractivity (Wildman–Crippen MR) is 82.8 cm³/mol. The van der Waals surface area contributed by atoms with Gasteiger partial charge in [0.2, 0.25) is 0 Å². The van der Waals surface area contributed by atoms with E-state index in [0.29, 0.717) is 0 Å². The van der Waals surface area contributed by atoms with E-state index in [1.165, 1.54) is 0 Å². The highest BCUT2D eigenvalue weighted by Gasteiger charge is 2.08. The van der Waals surface area contributed by atoms with Gasteiger partial charge >= 0.3 is 0 Å². The van der Waals surface area contributed by atoms with Crippen LogP contribution in [-0.2, 0) is 6.54 Å². The number of nitrogens with zero attached hydrogens (tertiary/aromatic N) is 1. The van der Waals surface area contributed by atoms with E-state index in [0.717, 1.165) is 34.1 Å². The Morgan fingerprint density at radius 2 is 1.95 bits per heavy atom. The van der Waals surface area contributed by atoms with Crippen molar-refractivity contribution in [2.24, 2.45) is 0 Å². The number of H-pyrrole nitrogens is 1. The summed E-state index contributed by atoms with van der Waals surface area (Å²) in [7, 11) is 0. The van der Waals surface area contributed by atoms with E-state index < -0.39 is 0 Å². The van der Waals surface area contributed by atoms with Crippen molar-refractivity contribution in [1.82, 2.24) is 9.97 Å². The number of anilines is 1. The molecule has 0 aliphatic carbocycles. The summed E-state index contributed by atoms with van der Waals surface area (Å²) in [6.07, 6.45) is 5.51. The molecule has 2 heterocycles. The maximum absolute atomic E-state index is 6.28. The van der Waals surface area contributed by atoms with Gasteiger partial charge in [-0.05, 0) is 24.3 Å². The highest BCUT2D eigenvalue weighted by Crippen LogP contribution is 2.32. The number of hydrogen-bond acceptors (Lipinski definition) is 2. The summed E-state index contributed by atoms with van der Waals surface area (Å²) in [5, 5.41) is 4.13. The minimum absolute atomic E-state index is 0.718. The number of rotatable bonds is 4. The Bertz CT molecular complexity index is 692. The Morgan fingerprint density at radius 3 is 2.75 bits per heavy atom. The second-order valence-electron chi connectivity index (χ2n) is 4.45. The SMILES string of the molecule is Clc1ccccc1-c1ccncc1NCc1ccc[nH]1. The Kier molecular flexibility index (Phi) is 3.70. The molecule has 0 saturated heterocycles. The van der Waals surface area contributed by atoms with Crippen LogP contribution in [0.2, 0.25) is 5.02 Å². The highest BCUT2D eigenvalue weighted by molar-refractivity contribution is 6.33. The molecule has 0 aliphatic rings. The molecule has 0 saturated carbocycles. The molecule has 0 radical (unpaired) electrons. The third kappa shape index (κ3) is 2.68. The summed E-state index contributed by atoms with van der Waals surface area (Å²) in [6, 6.07) is 13.8. The number of pyridine rings is 1. The molecule has 0 aliphatic heterocycles. The molecule has 4 heteroatoms. The van der Waals surface area contributed by atoms with E-state index >= 15 is 0 Å². The molecular weight excluding hydrogens is 270 g/mol. The average Bonchev–Trinajstić information content (AvgIpc) is 2.99. The maximum Gasteiger partial charge on any atom is 0.0610 e. The van der Waals surface area contributed by atoms with Gasteiger partial charge < -0.3 is 10.3 Å². The molecule has 0 atom stereocenters.